The monoisotopic (exact) mass is 449 g/mol. The van der Waals surface area contributed by atoms with E-state index in [2.05, 4.69) is 10.6 Å². The zero-order chi connectivity index (χ0) is 22.7. The fourth-order valence-electron chi connectivity index (χ4n) is 3.66. The van der Waals surface area contributed by atoms with Crippen molar-refractivity contribution in [2.45, 2.75) is 19.9 Å². The molecule has 0 saturated carbocycles. The fraction of sp³-hybridized carbons (Fsp3) is 0.200. The number of amides is 3. The molecule has 0 saturated heterocycles. The van der Waals surface area contributed by atoms with Crippen LogP contribution in [0.1, 0.15) is 27.0 Å². The van der Waals surface area contributed by atoms with Crippen molar-refractivity contribution in [3.8, 4) is 5.75 Å². The molecule has 4 rings (SSSR count). The summed E-state index contributed by atoms with van der Waals surface area (Å²) in [6, 6.07) is 18.1. The van der Waals surface area contributed by atoms with Gasteiger partial charge >= 0.3 is 6.03 Å². The lowest BCUT2D eigenvalue weighted by atomic mass is 10.1. The number of fused-ring (bicyclic) bond motifs is 1. The highest BCUT2D eigenvalue weighted by Gasteiger charge is 2.26. The number of ether oxygens (including phenoxy) is 1. The SMILES string of the molecule is COc1ccc(C(=O)N2CCc3ccc(CNC(=O)Nc4ccc(C)c(Cl)c4)cc32)cc1. The van der Waals surface area contributed by atoms with Crippen molar-refractivity contribution in [2.24, 2.45) is 0 Å². The van der Waals surface area contributed by atoms with Crippen LogP contribution in [0.25, 0.3) is 0 Å². The van der Waals surface area contributed by atoms with Crippen LogP contribution in [0.3, 0.4) is 0 Å². The van der Waals surface area contributed by atoms with E-state index in [1.807, 2.05) is 31.2 Å². The molecule has 2 N–H and O–H groups in total. The number of urea groups is 1. The normalized spacial score (nSPS) is 12.3. The second kappa shape index (κ2) is 9.32. The van der Waals surface area contributed by atoms with Crippen LogP contribution in [0.4, 0.5) is 16.2 Å². The molecule has 3 aromatic rings. The number of halogens is 1. The van der Waals surface area contributed by atoms with Gasteiger partial charge in [-0.3, -0.25) is 4.79 Å². The lowest BCUT2D eigenvalue weighted by Gasteiger charge is -2.18. The minimum absolute atomic E-state index is 0.0505. The van der Waals surface area contributed by atoms with Gasteiger partial charge in [0.1, 0.15) is 5.75 Å². The summed E-state index contributed by atoms with van der Waals surface area (Å²) in [5, 5.41) is 6.23. The number of hydrogen-bond acceptors (Lipinski definition) is 3. The molecule has 3 aromatic carbocycles. The molecule has 32 heavy (non-hydrogen) atoms. The van der Waals surface area contributed by atoms with Crippen LogP contribution in [0.15, 0.2) is 60.7 Å². The molecule has 0 aliphatic carbocycles. The van der Waals surface area contributed by atoms with Crippen LogP contribution in [0.2, 0.25) is 5.02 Å². The Morgan fingerprint density at radius 1 is 1.06 bits per heavy atom. The number of carbonyl (C=O) groups is 2. The summed E-state index contributed by atoms with van der Waals surface area (Å²) < 4.78 is 5.17. The van der Waals surface area contributed by atoms with Gasteiger partial charge < -0.3 is 20.3 Å². The molecule has 0 unspecified atom stereocenters. The van der Waals surface area contributed by atoms with Crippen molar-refractivity contribution in [2.75, 3.05) is 23.9 Å². The molecular weight excluding hydrogens is 426 g/mol. The molecule has 3 amide bonds. The number of aryl methyl sites for hydroxylation is 1. The van der Waals surface area contributed by atoms with E-state index in [1.54, 1.807) is 48.4 Å². The fourth-order valence-corrected chi connectivity index (χ4v) is 3.84. The number of carbonyl (C=O) groups excluding carboxylic acids is 2. The Hall–Kier alpha value is -3.51. The number of rotatable bonds is 5. The standard InChI is InChI=1S/C25H24ClN3O3/c1-16-3-8-20(14-22(16)26)28-25(31)27-15-17-4-5-18-11-12-29(23(18)13-17)24(30)19-6-9-21(32-2)10-7-19/h3-10,13-14H,11-12,15H2,1-2H3,(H2,27,28,31). The first-order valence-electron chi connectivity index (χ1n) is 10.3. The molecule has 6 nitrogen and oxygen atoms in total. The lowest BCUT2D eigenvalue weighted by Crippen LogP contribution is -2.29. The number of anilines is 2. The van der Waals surface area contributed by atoms with Crippen LogP contribution in [0.5, 0.6) is 5.75 Å². The van der Waals surface area contributed by atoms with Crippen molar-refractivity contribution < 1.29 is 14.3 Å². The summed E-state index contributed by atoms with van der Waals surface area (Å²) >= 11 is 6.11. The lowest BCUT2D eigenvalue weighted by molar-refractivity contribution is 0.0989. The second-order valence-corrected chi connectivity index (χ2v) is 8.08. The molecule has 7 heteroatoms. The third-order valence-electron chi connectivity index (χ3n) is 5.51. The van der Waals surface area contributed by atoms with Crippen LogP contribution in [0, 0.1) is 6.92 Å². The maximum absolute atomic E-state index is 13.0. The van der Waals surface area contributed by atoms with Crippen molar-refractivity contribution >= 4 is 34.9 Å². The van der Waals surface area contributed by atoms with Gasteiger partial charge in [-0.2, -0.15) is 0 Å². The smallest absolute Gasteiger partial charge is 0.319 e. The molecule has 0 fully saturated rings. The second-order valence-electron chi connectivity index (χ2n) is 7.67. The van der Waals surface area contributed by atoms with Crippen molar-refractivity contribution in [1.29, 1.82) is 0 Å². The Balaban J connectivity index is 1.42. The Morgan fingerprint density at radius 2 is 1.84 bits per heavy atom. The van der Waals surface area contributed by atoms with Gasteiger partial charge in [0, 0.05) is 35.1 Å². The maximum atomic E-state index is 13.0. The molecule has 0 aromatic heterocycles. The van der Waals surface area contributed by atoms with E-state index in [0.29, 0.717) is 35.1 Å². The van der Waals surface area contributed by atoms with E-state index >= 15 is 0 Å². The number of methoxy groups -OCH3 is 1. The Labute approximate surface area is 192 Å². The van der Waals surface area contributed by atoms with E-state index in [1.165, 1.54) is 0 Å². The molecule has 1 aliphatic rings. The van der Waals surface area contributed by atoms with E-state index in [-0.39, 0.29) is 11.9 Å². The average molecular weight is 450 g/mol. The van der Waals surface area contributed by atoms with Crippen LogP contribution < -0.4 is 20.3 Å². The molecule has 0 radical (unpaired) electrons. The van der Waals surface area contributed by atoms with Crippen LogP contribution in [-0.4, -0.2) is 25.6 Å². The number of hydrogen-bond donors (Lipinski definition) is 2. The summed E-state index contributed by atoms with van der Waals surface area (Å²) in [5.74, 6) is 0.661. The summed E-state index contributed by atoms with van der Waals surface area (Å²) in [6.07, 6.45) is 0.805. The third-order valence-corrected chi connectivity index (χ3v) is 5.92. The first kappa shape index (κ1) is 21.7. The predicted octanol–water partition coefficient (Wildman–Crippen LogP) is 5.18. The van der Waals surface area contributed by atoms with Crippen LogP contribution >= 0.6 is 11.6 Å². The van der Waals surface area contributed by atoms with Gasteiger partial charge in [-0.1, -0.05) is 29.8 Å². The van der Waals surface area contributed by atoms with Crippen LogP contribution in [-0.2, 0) is 13.0 Å². The van der Waals surface area contributed by atoms with Gasteiger partial charge in [-0.05, 0) is 72.5 Å². The Bertz CT molecular complexity index is 1160. The molecule has 0 bridgehead atoms. The highest BCUT2D eigenvalue weighted by Crippen LogP contribution is 2.31. The number of nitrogens with one attached hydrogen (secondary N) is 2. The quantitative estimate of drug-likeness (QED) is 0.563. The topological polar surface area (TPSA) is 70.7 Å². The molecule has 0 spiro atoms. The van der Waals surface area contributed by atoms with Crippen molar-refractivity contribution in [3.63, 3.8) is 0 Å². The Morgan fingerprint density at radius 3 is 2.56 bits per heavy atom. The van der Waals surface area contributed by atoms with Gasteiger partial charge in [0.25, 0.3) is 5.91 Å². The van der Waals surface area contributed by atoms with Gasteiger partial charge in [-0.25, -0.2) is 4.79 Å². The number of nitrogens with zero attached hydrogens (tertiary/aromatic N) is 1. The summed E-state index contributed by atoms with van der Waals surface area (Å²) in [4.78, 5) is 27.1. The van der Waals surface area contributed by atoms with E-state index in [9.17, 15) is 9.59 Å². The Kier molecular flexibility index (Phi) is 6.32. The minimum Gasteiger partial charge on any atom is -0.497 e. The highest BCUT2D eigenvalue weighted by molar-refractivity contribution is 6.31. The van der Waals surface area contributed by atoms with E-state index < -0.39 is 0 Å². The van der Waals surface area contributed by atoms with Crippen molar-refractivity contribution in [1.82, 2.24) is 5.32 Å². The van der Waals surface area contributed by atoms with E-state index in [4.69, 9.17) is 16.3 Å². The molecule has 1 aliphatic heterocycles. The molecule has 164 valence electrons. The summed E-state index contributed by atoms with van der Waals surface area (Å²) in [7, 11) is 1.60. The summed E-state index contributed by atoms with van der Waals surface area (Å²) in [5.41, 5.74) is 5.10. The molecule has 0 atom stereocenters. The first-order chi connectivity index (χ1) is 15.4. The minimum atomic E-state index is -0.323. The predicted molar refractivity (Wildman–Crippen MR) is 127 cm³/mol. The van der Waals surface area contributed by atoms with Gasteiger partial charge in [0.15, 0.2) is 0 Å². The van der Waals surface area contributed by atoms with Gasteiger partial charge in [-0.15, -0.1) is 0 Å². The zero-order valence-corrected chi connectivity index (χ0v) is 18.7. The van der Waals surface area contributed by atoms with Crippen molar-refractivity contribution in [3.05, 3.63) is 87.9 Å². The summed E-state index contributed by atoms with van der Waals surface area (Å²) in [6.45, 7) is 2.87. The average Bonchev–Trinajstić information content (AvgIpc) is 3.23. The van der Waals surface area contributed by atoms with Gasteiger partial charge in [0.2, 0.25) is 0 Å². The first-order valence-corrected chi connectivity index (χ1v) is 10.7. The highest BCUT2D eigenvalue weighted by atomic mass is 35.5. The molecular formula is C25H24ClN3O3. The van der Waals surface area contributed by atoms with Gasteiger partial charge in [0.05, 0.1) is 7.11 Å². The maximum Gasteiger partial charge on any atom is 0.319 e. The third kappa shape index (κ3) is 4.70. The number of benzene rings is 3. The largest absolute Gasteiger partial charge is 0.497 e. The van der Waals surface area contributed by atoms with E-state index in [0.717, 1.165) is 28.8 Å². The zero-order valence-electron chi connectivity index (χ0n) is 17.9. The molecule has 1 heterocycles.